The van der Waals surface area contributed by atoms with E-state index in [0.29, 0.717) is 10.8 Å². The van der Waals surface area contributed by atoms with Gasteiger partial charge in [-0.25, -0.2) is 14.1 Å². The molecule has 20 heteroatoms. The van der Waals surface area contributed by atoms with Crippen molar-refractivity contribution in [2.45, 2.75) is 26.2 Å². The summed E-state index contributed by atoms with van der Waals surface area (Å²) in [6.45, 7) is -1.61. The normalized spacial score (nSPS) is 13.8. The molecule has 0 radical (unpaired) electrons. The molecule has 2 aromatic heterocycles. The quantitative estimate of drug-likeness (QED) is 0.0452. The van der Waals surface area contributed by atoms with E-state index in [1.165, 1.54) is 20.4 Å². The molecule has 0 aliphatic carbocycles. The second-order valence-electron chi connectivity index (χ2n) is 16.3. The molecule has 70 heavy (non-hydrogen) atoms. The number of carbonyl (C=O) groups is 2. The molecule has 0 aliphatic heterocycles. The number of H-pyrrole nitrogens is 1. The fourth-order valence-electron chi connectivity index (χ4n) is 7.37. The maximum Gasteiger partial charge on any atom is 0.461 e. The molecule has 2 unspecified atom stereocenters. The van der Waals surface area contributed by atoms with E-state index in [1.807, 2.05) is 121 Å². The number of benzene rings is 6. The van der Waals surface area contributed by atoms with Crippen LogP contribution in [0.25, 0.3) is 32.7 Å². The Bertz CT molecular complexity index is 3070. The number of hydrogen-bond donors (Lipinski definition) is 2. The smallest absolute Gasteiger partial charge is 0.460 e. The third-order valence-electron chi connectivity index (χ3n) is 11.2. The van der Waals surface area contributed by atoms with Crippen LogP contribution in [0.2, 0.25) is 0 Å². The van der Waals surface area contributed by atoms with Gasteiger partial charge in [-0.1, -0.05) is 133 Å². The summed E-state index contributed by atoms with van der Waals surface area (Å²) in [5, 5.41) is 2.88. The van der Waals surface area contributed by atoms with Crippen LogP contribution < -0.4 is 20.3 Å². The summed E-state index contributed by atoms with van der Waals surface area (Å²) in [6, 6.07) is 43.5. The van der Waals surface area contributed by atoms with Crippen molar-refractivity contribution in [1.29, 1.82) is 0 Å². The van der Waals surface area contributed by atoms with Crippen LogP contribution in [0.15, 0.2) is 157 Å². The number of hydrogen-bond acceptors (Lipinski definition) is 14. The average molecular weight is 988 g/mol. The number of nitrogen functional groups attached to an aromatic ring is 1. The second kappa shape index (κ2) is 22.5. The molecule has 0 saturated carbocycles. The number of nitrogens with zero attached hydrogens (tertiary/aromatic N) is 5. The van der Waals surface area contributed by atoms with E-state index in [2.05, 4.69) is 15.0 Å². The van der Waals surface area contributed by atoms with Crippen LogP contribution in [0.4, 0.5) is 5.95 Å². The average Bonchev–Trinajstić information content (AvgIpc) is 3.78. The first-order valence-electron chi connectivity index (χ1n) is 22.2. The van der Waals surface area contributed by atoms with Crippen LogP contribution >= 0.6 is 15.5 Å². The Hall–Kier alpha value is -7.17. The molecule has 0 aliphatic rings. The summed E-state index contributed by atoms with van der Waals surface area (Å²) < 4.78 is 71.0. The number of imidazole rings is 1. The summed E-state index contributed by atoms with van der Waals surface area (Å²) in [7, 11) is -6.12. The third-order valence-corrected chi connectivity index (χ3v) is 14.9. The molecule has 8 rings (SSSR count). The van der Waals surface area contributed by atoms with Gasteiger partial charge in [-0.2, -0.15) is 14.3 Å². The van der Waals surface area contributed by atoms with Crippen molar-refractivity contribution in [2.24, 2.45) is 5.92 Å². The number of rotatable bonds is 23. The van der Waals surface area contributed by atoms with Gasteiger partial charge in [0.25, 0.3) is 5.56 Å². The molecule has 0 bridgehead atoms. The van der Waals surface area contributed by atoms with Gasteiger partial charge in [0.2, 0.25) is 5.95 Å². The van der Waals surface area contributed by atoms with E-state index in [-0.39, 0.29) is 68.0 Å². The highest BCUT2D eigenvalue weighted by Crippen LogP contribution is 2.54. The Morgan fingerprint density at radius 1 is 0.657 bits per heavy atom. The third kappa shape index (κ3) is 12.3. The zero-order chi connectivity index (χ0) is 49.1. The van der Waals surface area contributed by atoms with Crippen molar-refractivity contribution in [3.8, 4) is 11.5 Å². The second-order valence-corrected chi connectivity index (χ2v) is 20.4. The van der Waals surface area contributed by atoms with Gasteiger partial charge in [-0.15, -0.1) is 0 Å². The molecule has 3 N–H and O–H groups in total. The number of fused-ring (bicyclic) bond motifs is 3. The first kappa shape index (κ1) is 49.3. The van der Waals surface area contributed by atoms with Gasteiger partial charge < -0.3 is 28.8 Å². The fraction of sp³-hybridized carbons (Fsp3) is 0.220. The molecule has 0 saturated heterocycles. The van der Waals surface area contributed by atoms with Crippen LogP contribution in [0, 0.1) is 5.92 Å². The predicted molar refractivity (Wildman–Crippen MR) is 265 cm³/mol. The number of ether oxygens (including phenoxy) is 2. The van der Waals surface area contributed by atoms with E-state index >= 15 is 9.13 Å². The Balaban J connectivity index is 1.09. The van der Waals surface area contributed by atoms with E-state index in [1.54, 1.807) is 28.8 Å². The van der Waals surface area contributed by atoms with Crippen molar-refractivity contribution in [1.82, 2.24) is 28.9 Å². The molecule has 362 valence electrons. The van der Waals surface area contributed by atoms with Gasteiger partial charge in [-0.3, -0.25) is 28.4 Å². The molecular weight excluding hydrogens is 937 g/mol. The van der Waals surface area contributed by atoms with Crippen molar-refractivity contribution in [2.75, 3.05) is 46.1 Å². The van der Waals surface area contributed by atoms with E-state index in [9.17, 15) is 14.4 Å². The fourth-order valence-corrected chi connectivity index (χ4v) is 10.3. The lowest BCUT2D eigenvalue weighted by Crippen LogP contribution is -2.30. The molecular formula is C50H51N7O11P2. The summed E-state index contributed by atoms with van der Waals surface area (Å²) in [4.78, 5) is 50.3. The van der Waals surface area contributed by atoms with Crippen LogP contribution in [0.5, 0.6) is 11.5 Å². The molecule has 2 atom stereocenters. The van der Waals surface area contributed by atoms with E-state index in [0.717, 1.165) is 31.2 Å². The van der Waals surface area contributed by atoms with Crippen molar-refractivity contribution in [3.63, 3.8) is 0 Å². The van der Waals surface area contributed by atoms with Crippen LogP contribution in [-0.4, -0.2) is 81.2 Å². The largest absolute Gasteiger partial charge is 0.461 e. The van der Waals surface area contributed by atoms with Crippen molar-refractivity contribution in [3.05, 3.63) is 173 Å². The summed E-state index contributed by atoms with van der Waals surface area (Å²) in [5.41, 5.74) is 7.16. The van der Waals surface area contributed by atoms with Crippen molar-refractivity contribution < 1.29 is 46.3 Å². The SMILES string of the molecule is CN(CC(=O)OCc1ccccc1)P(=O)(OCC(CCn1cnc2c(=O)[nH]c(N)nc21)COP(=O)(Oc1cccc2ccccc12)N(C)CC(=O)OCc1ccccc1)Oc1cccc2ccccc12. The van der Waals surface area contributed by atoms with Crippen molar-refractivity contribution >= 4 is 66.1 Å². The topological polar surface area (TPSA) is 220 Å². The molecule has 18 nitrogen and oxygen atoms in total. The Kier molecular flexibility index (Phi) is 15.8. The molecule has 2 heterocycles. The standard InChI is InChI=1S/C50H51N7O11P2/c1-55(29-45(58)63-31-36-15-5-3-6-16-36)69(61,67-43-25-13-21-39-19-9-11-23-41(39)43)65-33-38(27-28-57-35-52-47-48(57)53-50(51)54-49(47)60)34-66-70(62,68-44-26-14-22-40-20-10-12-24-42(40)44)56(2)30-46(59)64-32-37-17-7-4-8-18-37/h3-26,35,38H,27-34H2,1-2H3,(H3,51,53,54,60). The number of nitrogens with one attached hydrogen (secondary N) is 1. The predicted octanol–water partition coefficient (Wildman–Crippen LogP) is 8.77. The van der Waals surface area contributed by atoms with Gasteiger partial charge in [0.15, 0.2) is 11.2 Å². The van der Waals surface area contributed by atoms with Gasteiger partial charge >= 0.3 is 27.4 Å². The van der Waals surface area contributed by atoms with Gasteiger partial charge in [0, 0.05) is 23.2 Å². The maximum atomic E-state index is 15.3. The Morgan fingerprint density at radius 2 is 1.11 bits per heavy atom. The monoisotopic (exact) mass is 987 g/mol. The lowest BCUT2D eigenvalue weighted by molar-refractivity contribution is -0.146. The number of aryl methyl sites for hydroxylation is 1. The maximum absolute atomic E-state index is 15.3. The lowest BCUT2D eigenvalue weighted by Gasteiger charge is -2.30. The minimum atomic E-state index is -4.48. The number of aromatic nitrogens is 4. The number of carbonyl (C=O) groups excluding carboxylic acids is 2. The number of aromatic amines is 1. The highest BCUT2D eigenvalue weighted by molar-refractivity contribution is 7.52. The summed E-state index contributed by atoms with van der Waals surface area (Å²) >= 11 is 0. The van der Waals surface area contributed by atoms with Gasteiger partial charge in [0.05, 0.1) is 19.5 Å². The Labute approximate surface area is 403 Å². The first-order valence-corrected chi connectivity index (χ1v) is 25.2. The number of anilines is 1. The summed E-state index contributed by atoms with van der Waals surface area (Å²) in [5.74, 6) is -1.83. The molecule has 0 fully saturated rings. The highest BCUT2D eigenvalue weighted by Gasteiger charge is 2.39. The minimum Gasteiger partial charge on any atom is -0.460 e. The number of likely N-dealkylation sites (N-methyl/N-ethyl adjacent to an activating group) is 2. The number of nitrogens with two attached hydrogens (primary N) is 1. The van der Waals surface area contributed by atoms with E-state index < -0.39 is 52.0 Å². The Morgan fingerprint density at radius 3 is 1.61 bits per heavy atom. The van der Waals surface area contributed by atoms with Gasteiger partial charge in [-0.05, 0) is 54.5 Å². The van der Waals surface area contributed by atoms with Crippen LogP contribution in [-0.2, 0) is 57.0 Å². The summed E-state index contributed by atoms with van der Waals surface area (Å²) in [6.07, 6.45) is 1.58. The number of esters is 2. The van der Waals surface area contributed by atoms with Gasteiger partial charge in [0.1, 0.15) is 37.8 Å². The zero-order valence-electron chi connectivity index (χ0n) is 38.4. The lowest BCUT2D eigenvalue weighted by atomic mass is 10.1. The van der Waals surface area contributed by atoms with Crippen LogP contribution in [0.1, 0.15) is 17.5 Å². The minimum absolute atomic E-state index is 0.0162. The molecule has 6 aromatic carbocycles. The highest BCUT2D eigenvalue weighted by atomic mass is 31.2. The van der Waals surface area contributed by atoms with E-state index in [4.69, 9.17) is 33.3 Å². The molecule has 0 spiro atoms. The molecule has 0 amide bonds. The zero-order valence-corrected chi connectivity index (χ0v) is 40.2. The first-order chi connectivity index (χ1) is 33.9. The van der Waals surface area contributed by atoms with Crippen LogP contribution in [0.3, 0.4) is 0 Å². The molecule has 8 aromatic rings.